The number of hydrogen-bond acceptors (Lipinski definition) is 4. The van der Waals surface area contributed by atoms with Gasteiger partial charge in [0.05, 0.1) is 22.9 Å². The summed E-state index contributed by atoms with van der Waals surface area (Å²) in [6.45, 7) is 0. The maximum absolute atomic E-state index is 12.8. The first-order valence-electron chi connectivity index (χ1n) is 9.55. The zero-order valence-electron chi connectivity index (χ0n) is 16.2. The zero-order chi connectivity index (χ0) is 21.8. The number of halogens is 5. The molecule has 2 saturated carbocycles. The van der Waals surface area contributed by atoms with Gasteiger partial charge in [-0.05, 0) is 25.0 Å². The Morgan fingerprint density at radius 3 is 2.10 bits per heavy atom. The van der Waals surface area contributed by atoms with Gasteiger partial charge in [-0.15, -0.1) is 0 Å². The van der Waals surface area contributed by atoms with Gasteiger partial charge >= 0.3 is 6.18 Å². The van der Waals surface area contributed by atoms with E-state index in [1.807, 2.05) is 0 Å². The third kappa shape index (κ3) is 6.37. The molecule has 6 N–H and O–H groups in total. The van der Waals surface area contributed by atoms with Crippen molar-refractivity contribution in [3.63, 3.8) is 0 Å². The third-order valence-corrected chi connectivity index (χ3v) is 5.24. The predicted octanol–water partition coefficient (Wildman–Crippen LogP) is 4.75. The van der Waals surface area contributed by atoms with E-state index >= 15 is 0 Å². The quantitative estimate of drug-likeness (QED) is 0.416. The Bertz CT molecular complexity index is 709. The average Bonchev–Trinajstić information content (AvgIpc) is 2.61. The molecule has 10 heteroatoms. The Kier molecular flexibility index (Phi) is 7.18. The fourth-order valence-electron chi connectivity index (χ4n) is 3.57. The molecule has 29 heavy (non-hydrogen) atoms. The summed E-state index contributed by atoms with van der Waals surface area (Å²) in [5.41, 5.74) is 12.6. The van der Waals surface area contributed by atoms with Crippen LogP contribution in [0.5, 0.6) is 0 Å². The molecule has 0 atom stereocenters. The highest BCUT2D eigenvalue weighted by Crippen LogP contribution is 2.40. The van der Waals surface area contributed by atoms with Gasteiger partial charge in [-0.25, -0.2) is 8.78 Å². The van der Waals surface area contributed by atoms with Gasteiger partial charge in [-0.2, -0.15) is 13.2 Å². The van der Waals surface area contributed by atoms with Crippen LogP contribution in [-0.2, 0) is 0 Å². The number of carbonyl (C=O) groups excluding carboxylic acids is 1. The number of rotatable bonds is 4. The number of nitrogens with two attached hydrogens (primary N) is 2. The van der Waals surface area contributed by atoms with Gasteiger partial charge in [0.25, 0.3) is 11.8 Å². The van der Waals surface area contributed by atoms with Crippen molar-refractivity contribution in [1.82, 2.24) is 0 Å². The summed E-state index contributed by atoms with van der Waals surface area (Å²) in [7, 11) is 1.68. The van der Waals surface area contributed by atoms with Gasteiger partial charge in [0, 0.05) is 31.6 Å². The summed E-state index contributed by atoms with van der Waals surface area (Å²) in [4.78, 5) is 11.3. The smallest absolute Gasteiger partial charge is 0.391 e. The summed E-state index contributed by atoms with van der Waals surface area (Å²) in [6.07, 6.45) is -1.23. The highest BCUT2D eigenvalue weighted by molar-refractivity contribution is 6.01. The van der Waals surface area contributed by atoms with Crippen molar-refractivity contribution < 1.29 is 26.7 Å². The molecule has 2 fully saturated rings. The first-order valence-corrected chi connectivity index (χ1v) is 9.55. The lowest BCUT2D eigenvalue weighted by molar-refractivity contribution is -0.181. The first kappa shape index (κ1) is 23.0. The number of nitrogen functional groups attached to an aromatic ring is 1. The second-order valence-corrected chi connectivity index (χ2v) is 7.58. The van der Waals surface area contributed by atoms with Crippen molar-refractivity contribution >= 4 is 23.0 Å². The number of primary amides is 1. The Balaban J connectivity index is 0.000000253. The molecule has 0 aliphatic heterocycles. The molecule has 0 heterocycles. The predicted molar refractivity (Wildman–Crippen MR) is 103 cm³/mol. The van der Waals surface area contributed by atoms with E-state index in [9.17, 15) is 26.7 Å². The molecule has 0 saturated heterocycles. The number of carbonyl (C=O) groups is 1. The fourth-order valence-corrected chi connectivity index (χ4v) is 3.57. The monoisotopic (exact) mass is 422 g/mol. The lowest BCUT2D eigenvalue weighted by Crippen LogP contribution is -2.44. The molecule has 164 valence electrons. The molecule has 2 aliphatic rings. The molecule has 3 rings (SSSR count). The molecular formula is C19H27F5N4O. The molecule has 5 nitrogen and oxygen atoms in total. The van der Waals surface area contributed by atoms with Crippen LogP contribution in [-0.4, -0.2) is 31.1 Å². The van der Waals surface area contributed by atoms with Crippen molar-refractivity contribution in [3.8, 4) is 0 Å². The maximum Gasteiger partial charge on any atom is 0.391 e. The van der Waals surface area contributed by atoms with Gasteiger partial charge in [0.1, 0.15) is 0 Å². The summed E-state index contributed by atoms with van der Waals surface area (Å²) in [5.74, 6) is -4.27. The first-order chi connectivity index (χ1) is 13.4. The number of hydrogen-bond donors (Lipinski definition) is 4. The van der Waals surface area contributed by atoms with Crippen LogP contribution in [0.3, 0.4) is 0 Å². The minimum absolute atomic E-state index is 0.201. The Hall–Kier alpha value is -2.26. The van der Waals surface area contributed by atoms with Gasteiger partial charge in [-0.3, -0.25) is 4.79 Å². The summed E-state index contributed by atoms with van der Waals surface area (Å²) in [5, 5.41) is 5.77. The van der Waals surface area contributed by atoms with Crippen LogP contribution in [0.1, 0.15) is 55.3 Å². The van der Waals surface area contributed by atoms with Crippen LogP contribution >= 0.6 is 0 Å². The third-order valence-electron chi connectivity index (χ3n) is 5.24. The fraction of sp³-hybridized carbons (Fsp3) is 0.632. The largest absolute Gasteiger partial charge is 0.397 e. The normalized spacial score (nSPS) is 19.5. The van der Waals surface area contributed by atoms with E-state index in [1.165, 1.54) is 6.07 Å². The Morgan fingerprint density at radius 2 is 1.69 bits per heavy atom. The molecule has 0 bridgehead atoms. The highest BCUT2D eigenvalue weighted by Gasteiger charge is 2.45. The Labute approximate surface area is 166 Å². The second kappa shape index (κ2) is 9.04. The molecule has 2 aliphatic carbocycles. The van der Waals surface area contributed by atoms with Gasteiger partial charge < -0.3 is 22.1 Å². The standard InChI is InChI=1S/C12H16F2N4O.C7H11F3/c1-17-10-3-9(7(11(16)19)2-8(10)15)18-6-4-12(13,14)5-6;8-7(9,10)6-4-2-1-3-5-6/h2-3,6,17-18H,4-5,15H2,1H3,(H2,16,19);6H,1-5H2. The molecule has 0 radical (unpaired) electrons. The molecule has 0 unspecified atom stereocenters. The van der Waals surface area contributed by atoms with E-state index in [2.05, 4.69) is 10.6 Å². The molecule has 1 aromatic carbocycles. The number of alkyl halides is 5. The van der Waals surface area contributed by atoms with Crippen LogP contribution in [0.4, 0.5) is 39.0 Å². The summed E-state index contributed by atoms with van der Waals surface area (Å²) >= 11 is 0. The highest BCUT2D eigenvalue weighted by atomic mass is 19.4. The van der Waals surface area contributed by atoms with E-state index in [0.717, 1.165) is 19.3 Å². The van der Waals surface area contributed by atoms with Crippen molar-refractivity contribution in [2.24, 2.45) is 11.7 Å². The SMILES string of the molecule is CNc1cc(NC2CC(F)(F)C2)c(C(N)=O)cc1N.FC(F)(F)C1CCCCC1. The summed E-state index contributed by atoms with van der Waals surface area (Å²) in [6, 6.07) is 2.68. The average molecular weight is 422 g/mol. The number of benzene rings is 1. The molecule has 1 amide bonds. The van der Waals surface area contributed by atoms with Crippen molar-refractivity contribution in [2.45, 2.75) is 63.1 Å². The van der Waals surface area contributed by atoms with E-state index in [-0.39, 0.29) is 24.4 Å². The lowest BCUT2D eigenvalue weighted by atomic mass is 9.88. The van der Waals surface area contributed by atoms with Crippen molar-refractivity contribution in [3.05, 3.63) is 17.7 Å². The van der Waals surface area contributed by atoms with Crippen LogP contribution < -0.4 is 22.1 Å². The van der Waals surface area contributed by atoms with Crippen LogP contribution in [0.25, 0.3) is 0 Å². The number of nitrogens with one attached hydrogen (secondary N) is 2. The van der Waals surface area contributed by atoms with Gasteiger partial charge in [0.15, 0.2) is 0 Å². The van der Waals surface area contributed by atoms with Gasteiger partial charge in [0.2, 0.25) is 0 Å². The van der Waals surface area contributed by atoms with Crippen LogP contribution in [0.2, 0.25) is 0 Å². The van der Waals surface area contributed by atoms with E-state index in [4.69, 9.17) is 11.5 Å². The van der Waals surface area contributed by atoms with Crippen LogP contribution in [0.15, 0.2) is 12.1 Å². The molecule has 0 spiro atoms. The number of anilines is 3. The van der Waals surface area contributed by atoms with E-state index < -0.39 is 23.9 Å². The van der Waals surface area contributed by atoms with Crippen molar-refractivity contribution in [2.75, 3.05) is 23.4 Å². The molecule has 1 aromatic rings. The van der Waals surface area contributed by atoms with E-state index in [1.54, 1.807) is 13.1 Å². The number of amides is 1. The van der Waals surface area contributed by atoms with Gasteiger partial charge in [-0.1, -0.05) is 19.3 Å². The lowest BCUT2D eigenvalue weighted by Gasteiger charge is -2.36. The zero-order valence-corrected chi connectivity index (χ0v) is 16.2. The maximum atomic E-state index is 12.8. The Morgan fingerprint density at radius 1 is 1.10 bits per heavy atom. The molecule has 0 aromatic heterocycles. The minimum atomic E-state index is -3.93. The van der Waals surface area contributed by atoms with Crippen molar-refractivity contribution in [1.29, 1.82) is 0 Å². The van der Waals surface area contributed by atoms with E-state index in [0.29, 0.717) is 29.9 Å². The summed E-state index contributed by atoms with van der Waals surface area (Å²) < 4.78 is 61.4. The van der Waals surface area contributed by atoms with Crippen LogP contribution in [0, 0.1) is 5.92 Å². The topological polar surface area (TPSA) is 93.2 Å². The molecular weight excluding hydrogens is 395 g/mol. The minimum Gasteiger partial charge on any atom is -0.397 e. The second-order valence-electron chi connectivity index (χ2n) is 7.58.